The van der Waals surface area contributed by atoms with Crippen molar-refractivity contribution in [1.82, 2.24) is 0 Å². The molecule has 7 heteroatoms. The third-order valence-electron chi connectivity index (χ3n) is 3.69. The Hall–Kier alpha value is -1.59. The van der Waals surface area contributed by atoms with Crippen LogP contribution in [-0.4, -0.2) is 46.0 Å². The number of carbonyl (C=O) groups excluding carboxylic acids is 1. The Bertz CT molecular complexity index is 616. The van der Waals surface area contributed by atoms with Crippen LogP contribution in [0.1, 0.15) is 30.1 Å². The van der Waals surface area contributed by atoms with E-state index in [0.717, 1.165) is 0 Å². The number of carboxylic acids is 1. The average molecular weight is 375 g/mol. The second kappa shape index (κ2) is 6.67. The number of hydrogen-bond donors (Lipinski definition) is 1. The van der Waals surface area contributed by atoms with E-state index < -0.39 is 22.5 Å². The van der Waals surface area contributed by atoms with Crippen molar-refractivity contribution in [2.45, 2.75) is 24.6 Å². The molecule has 1 N–H and O–H groups in total. The number of carbonyl (C=O) groups is 2. The van der Waals surface area contributed by atoms with Crippen LogP contribution >= 0.6 is 0 Å². The van der Waals surface area contributed by atoms with Crippen molar-refractivity contribution in [3.63, 3.8) is 0 Å². The first-order valence-corrected chi connectivity index (χ1v) is 8.65. The minimum absolute atomic E-state index is 0.0640. The number of carboxylic acid groups (broad SMARTS) is 1. The summed E-state index contributed by atoms with van der Waals surface area (Å²) in [5.41, 5.74) is 0.336. The van der Waals surface area contributed by atoms with Crippen LogP contribution in [0.2, 0.25) is 0 Å². The molecule has 0 spiro atoms. The molecule has 0 amide bonds. The first-order chi connectivity index (χ1) is 10.4. The summed E-state index contributed by atoms with van der Waals surface area (Å²) in [5.74, 6) is -1.64. The molecule has 0 fully saturated rings. The van der Waals surface area contributed by atoms with Gasteiger partial charge in [0.2, 0.25) is 0 Å². The fourth-order valence-corrected chi connectivity index (χ4v) is 5.05. The summed E-state index contributed by atoms with van der Waals surface area (Å²) in [4.78, 5) is 22.8. The molecule has 0 saturated heterocycles. The monoisotopic (exact) mass is 376 g/mol. The minimum atomic E-state index is -0.990. The van der Waals surface area contributed by atoms with Crippen molar-refractivity contribution in [2.75, 3.05) is 14.2 Å². The fraction of sp³-hybridized carbons (Fsp3) is 0.467. The van der Waals surface area contributed by atoms with Crippen molar-refractivity contribution in [3.05, 3.63) is 17.4 Å². The Labute approximate surface area is 134 Å². The van der Waals surface area contributed by atoms with Crippen LogP contribution in [-0.2, 0) is 9.59 Å². The second-order valence-corrected chi connectivity index (χ2v) is 7.29. The van der Waals surface area contributed by atoms with E-state index >= 15 is 0 Å². The number of benzene rings is 1. The zero-order chi connectivity index (χ0) is 16.4. The summed E-state index contributed by atoms with van der Waals surface area (Å²) >= 11 is -0.274. The van der Waals surface area contributed by atoms with Crippen LogP contribution in [0, 0.1) is 11.7 Å². The number of halogens is 1. The van der Waals surface area contributed by atoms with Crippen LogP contribution in [0.15, 0.2) is 6.07 Å². The number of ether oxygens (including phenoxy) is 2. The van der Waals surface area contributed by atoms with E-state index in [9.17, 15) is 14.0 Å². The van der Waals surface area contributed by atoms with Gasteiger partial charge in [0.05, 0.1) is 0 Å². The summed E-state index contributed by atoms with van der Waals surface area (Å²) in [6.45, 7) is 1.72. The van der Waals surface area contributed by atoms with Gasteiger partial charge in [0.15, 0.2) is 0 Å². The van der Waals surface area contributed by atoms with E-state index in [4.69, 9.17) is 14.6 Å². The van der Waals surface area contributed by atoms with E-state index in [-0.39, 0.29) is 27.2 Å². The van der Waals surface area contributed by atoms with E-state index in [1.807, 2.05) is 0 Å². The Morgan fingerprint density at radius 2 is 2.09 bits per heavy atom. The number of methoxy groups -OCH3 is 2. The Morgan fingerprint density at radius 1 is 1.41 bits per heavy atom. The van der Waals surface area contributed by atoms with Crippen molar-refractivity contribution < 1.29 is 28.6 Å². The van der Waals surface area contributed by atoms with E-state index in [2.05, 4.69) is 0 Å². The Morgan fingerprint density at radius 3 is 2.59 bits per heavy atom. The maximum atomic E-state index is 14.2. The third-order valence-corrected chi connectivity index (χ3v) is 6.58. The molecule has 0 saturated carbocycles. The Kier molecular flexibility index (Phi) is 5.08. The molecule has 5 nitrogen and oxygen atoms in total. The zero-order valence-corrected chi connectivity index (χ0v) is 14.2. The van der Waals surface area contributed by atoms with Gasteiger partial charge in [-0.3, -0.25) is 0 Å². The number of rotatable bonds is 7. The molecule has 0 radical (unpaired) electrons. The average Bonchev–Trinajstić information content (AvgIpc) is 2.44. The summed E-state index contributed by atoms with van der Waals surface area (Å²) in [7, 11) is 2.90. The molecule has 1 aromatic rings. The SMILES string of the molecule is CCC(CC(=O)C1[Se]c2c(OC)c(OC)cc(F)c21)C(=O)O. The fourth-order valence-electron chi connectivity index (χ4n) is 2.41. The number of fused-ring (bicyclic) bond motifs is 1. The second-order valence-electron chi connectivity index (χ2n) is 4.95. The number of hydrogen-bond acceptors (Lipinski definition) is 4. The molecule has 0 bridgehead atoms. The molecule has 1 aromatic carbocycles. The predicted molar refractivity (Wildman–Crippen MR) is 78.7 cm³/mol. The van der Waals surface area contributed by atoms with Gasteiger partial charge in [0.25, 0.3) is 0 Å². The first-order valence-electron chi connectivity index (χ1n) is 6.81. The van der Waals surface area contributed by atoms with Gasteiger partial charge in [-0.05, 0) is 0 Å². The normalized spacial score (nSPS) is 17.2. The quantitative estimate of drug-likeness (QED) is 0.728. The van der Waals surface area contributed by atoms with Crippen molar-refractivity contribution in [2.24, 2.45) is 5.92 Å². The zero-order valence-electron chi connectivity index (χ0n) is 12.5. The third kappa shape index (κ3) is 2.83. The number of Topliss-reactive ketones (excluding diaryl/α,β-unsaturated/α-hetero) is 1. The van der Waals surface area contributed by atoms with Gasteiger partial charge in [-0.25, -0.2) is 0 Å². The van der Waals surface area contributed by atoms with Crippen molar-refractivity contribution >= 4 is 31.2 Å². The number of ketones is 1. The topological polar surface area (TPSA) is 72.8 Å². The molecular formula is C15H17FO5Se. The molecule has 1 aliphatic heterocycles. The summed E-state index contributed by atoms with van der Waals surface area (Å²) in [6, 6.07) is 1.21. The molecule has 22 heavy (non-hydrogen) atoms. The van der Waals surface area contributed by atoms with E-state index in [1.54, 1.807) is 6.92 Å². The number of aliphatic carboxylic acids is 1. The molecule has 0 aromatic heterocycles. The van der Waals surface area contributed by atoms with E-state index in [1.165, 1.54) is 20.3 Å². The van der Waals surface area contributed by atoms with Crippen LogP contribution in [0.4, 0.5) is 4.39 Å². The van der Waals surface area contributed by atoms with Gasteiger partial charge in [-0.2, -0.15) is 0 Å². The summed E-state index contributed by atoms with van der Waals surface area (Å²) in [6.07, 6.45) is 0.313. The van der Waals surface area contributed by atoms with Crippen LogP contribution < -0.4 is 13.9 Å². The van der Waals surface area contributed by atoms with Crippen LogP contribution in [0.3, 0.4) is 0 Å². The molecule has 2 unspecified atom stereocenters. The summed E-state index contributed by atoms with van der Waals surface area (Å²) in [5, 5.41) is 9.04. The van der Waals surface area contributed by atoms with Gasteiger partial charge in [-0.15, -0.1) is 0 Å². The molecule has 2 atom stereocenters. The molecule has 2 rings (SSSR count). The molecular weight excluding hydrogens is 358 g/mol. The molecule has 1 heterocycles. The molecule has 1 aliphatic rings. The van der Waals surface area contributed by atoms with Gasteiger partial charge in [0.1, 0.15) is 0 Å². The first kappa shape index (κ1) is 16.8. The van der Waals surface area contributed by atoms with Gasteiger partial charge in [-0.1, -0.05) is 0 Å². The van der Waals surface area contributed by atoms with Crippen molar-refractivity contribution in [3.8, 4) is 11.5 Å². The predicted octanol–water partition coefficient (Wildman–Crippen LogP) is 1.30. The van der Waals surface area contributed by atoms with Crippen LogP contribution in [0.5, 0.6) is 11.5 Å². The van der Waals surface area contributed by atoms with Crippen molar-refractivity contribution in [1.29, 1.82) is 0 Å². The van der Waals surface area contributed by atoms with Crippen LogP contribution in [0.25, 0.3) is 0 Å². The van der Waals surface area contributed by atoms with E-state index in [0.29, 0.717) is 27.9 Å². The standard InChI is InChI=1S/C15H17FO5Se/c1-4-7(15(18)19)5-9(17)13-11-8(16)6-10(20-2)12(21-3)14(11)22-13/h6-7,13H,4-5H2,1-3H3,(H,18,19). The van der Waals surface area contributed by atoms with Gasteiger partial charge < -0.3 is 0 Å². The summed E-state index contributed by atoms with van der Waals surface area (Å²) < 4.78 is 25.2. The molecule has 0 aliphatic carbocycles. The van der Waals surface area contributed by atoms with Gasteiger partial charge >= 0.3 is 133 Å². The maximum absolute atomic E-state index is 14.2. The van der Waals surface area contributed by atoms with Gasteiger partial charge in [0, 0.05) is 0 Å². The Balaban J connectivity index is 2.26. The molecule has 120 valence electrons.